The highest BCUT2D eigenvalue weighted by molar-refractivity contribution is 5.87. The molecule has 0 fully saturated rings. The van der Waals surface area contributed by atoms with Crippen molar-refractivity contribution in [3.63, 3.8) is 0 Å². The highest BCUT2D eigenvalue weighted by atomic mass is 16.5. The maximum Gasteiger partial charge on any atom is 0.127 e. The topological polar surface area (TPSA) is 9.23 Å². The monoisotopic (exact) mass is 286 g/mol. The van der Waals surface area contributed by atoms with Crippen LogP contribution in [0.3, 0.4) is 0 Å². The molecule has 4 rings (SSSR count). The third kappa shape index (κ3) is 2.50. The van der Waals surface area contributed by atoms with Crippen molar-refractivity contribution in [2.75, 3.05) is 0 Å². The van der Waals surface area contributed by atoms with Gasteiger partial charge in [-0.25, -0.2) is 0 Å². The van der Waals surface area contributed by atoms with Gasteiger partial charge in [0.2, 0.25) is 0 Å². The van der Waals surface area contributed by atoms with Gasteiger partial charge in [0, 0.05) is 0 Å². The number of rotatable bonds is 0. The van der Waals surface area contributed by atoms with E-state index in [1.807, 2.05) is 6.26 Å². The Hall–Kier alpha value is -2.54. The zero-order valence-corrected chi connectivity index (χ0v) is 12.5. The predicted octanol–water partition coefficient (Wildman–Crippen LogP) is 5.07. The average Bonchev–Trinajstić information content (AvgIpc) is 2.59. The van der Waals surface area contributed by atoms with E-state index in [0.29, 0.717) is 0 Å². The van der Waals surface area contributed by atoms with Crippen molar-refractivity contribution < 1.29 is 4.74 Å². The largest absolute Gasteiger partial charge is 0.465 e. The normalized spacial score (nSPS) is 15.5. The Balaban J connectivity index is 1.83. The molecular formula is C21H18O. The fraction of sp³-hybridized carbons (Fsp3) is 0.143. The van der Waals surface area contributed by atoms with E-state index in [9.17, 15) is 0 Å². The molecule has 1 aliphatic rings. The van der Waals surface area contributed by atoms with E-state index in [1.165, 1.54) is 27.5 Å². The summed E-state index contributed by atoms with van der Waals surface area (Å²) in [6.07, 6.45) is 6.94. The van der Waals surface area contributed by atoms with Crippen molar-refractivity contribution in [1.82, 2.24) is 0 Å². The van der Waals surface area contributed by atoms with Gasteiger partial charge in [0.15, 0.2) is 0 Å². The second kappa shape index (κ2) is 5.69. The summed E-state index contributed by atoms with van der Waals surface area (Å²) in [5.41, 5.74) is 4.18. The van der Waals surface area contributed by atoms with E-state index >= 15 is 0 Å². The Kier molecular flexibility index (Phi) is 3.40. The fourth-order valence-electron chi connectivity index (χ4n) is 3.21. The lowest BCUT2D eigenvalue weighted by molar-refractivity contribution is 0.479. The highest BCUT2D eigenvalue weighted by Gasteiger charge is 2.08. The van der Waals surface area contributed by atoms with Crippen molar-refractivity contribution in [3.8, 4) is 5.75 Å². The molecule has 0 unspecified atom stereocenters. The van der Waals surface area contributed by atoms with Gasteiger partial charge in [-0.05, 0) is 64.9 Å². The minimum Gasteiger partial charge on any atom is -0.465 e. The maximum atomic E-state index is 5.82. The number of fused-ring (bicyclic) bond motifs is 5. The second-order valence-corrected chi connectivity index (χ2v) is 5.77. The van der Waals surface area contributed by atoms with Crippen LogP contribution in [-0.2, 0) is 19.3 Å². The molecule has 3 aromatic rings. The number of hydrogen-bond acceptors (Lipinski definition) is 1. The van der Waals surface area contributed by atoms with Gasteiger partial charge < -0.3 is 4.74 Å². The average molecular weight is 286 g/mol. The zero-order valence-electron chi connectivity index (χ0n) is 12.5. The summed E-state index contributed by atoms with van der Waals surface area (Å²) in [6, 6.07) is 21.6. The van der Waals surface area contributed by atoms with Crippen LogP contribution >= 0.6 is 0 Å². The maximum absolute atomic E-state index is 5.82. The molecule has 0 aromatic heterocycles. The Morgan fingerprint density at radius 1 is 0.727 bits per heavy atom. The van der Waals surface area contributed by atoms with Crippen LogP contribution in [-0.4, -0.2) is 0 Å². The van der Waals surface area contributed by atoms with Crippen LogP contribution in [0, 0.1) is 0 Å². The summed E-state index contributed by atoms with van der Waals surface area (Å²) in [5.74, 6) is 0.927. The molecule has 108 valence electrons. The Morgan fingerprint density at radius 2 is 1.50 bits per heavy atom. The molecule has 3 aromatic carbocycles. The third-order valence-electron chi connectivity index (χ3n) is 4.34. The van der Waals surface area contributed by atoms with Gasteiger partial charge in [-0.1, -0.05) is 48.5 Å². The van der Waals surface area contributed by atoms with E-state index in [0.717, 1.165) is 25.0 Å². The molecule has 0 spiro atoms. The van der Waals surface area contributed by atoms with E-state index < -0.39 is 0 Å². The van der Waals surface area contributed by atoms with Gasteiger partial charge in [-0.15, -0.1) is 0 Å². The predicted molar refractivity (Wildman–Crippen MR) is 91.3 cm³/mol. The first-order chi connectivity index (χ1) is 10.9. The number of aryl methyl sites for hydroxylation is 2. The van der Waals surface area contributed by atoms with Gasteiger partial charge in [-0.2, -0.15) is 0 Å². The molecular weight excluding hydrogens is 268 g/mol. The smallest absolute Gasteiger partial charge is 0.127 e. The summed E-state index contributed by atoms with van der Waals surface area (Å²) >= 11 is 0. The summed E-state index contributed by atoms with van der Waals surface area (Å²) in [7, 11) is 0. The van der Waals surface area contributed by atoms with Crippen molar-refractivity contribution in [2.45, 2.75) is 19.3 Å². The number of ether oxygens (including phenoxy) is 1. The summed E-state index contributed by atoms with van der Waals surface area (Å²) in [5, 5.41) is 2.58. The molecule has 22 heavy (non-hydrogen) atoms. The molecule has 0 saturated heterocycles. The first-order valence-corrected chi connectivity index (χ1v) is 7.80. The van der Waals surface area contributed by atoms with Crippen molar-refractivity contribution in [2.24, 2.45) is 0 Å². The molecule has 0 amide bonds. The summed E-state index contributed by atoms with van der Waals surface area (Å²) < 4.78 is 5.82. The molecule has 1 heterocycles. The van der Waals surface area contributed by atoms with E-state index in [1.54, 1.807) is 0 Å². The lowest BCUT2D eigenvalue weighted by atomic mass is 9.95. The Bertz CT molecular complexity index is 845. The lowest BCUT2D eigenvalue weighted by Crippen LogP contribution is -1.97. The van der Waals surface area contributed by atoms with Crippen LogP contribution in [0.1, 0.15) is 16.7 Å². The lowest BCUT2D eigenvalue weighted by Gasteiger charge is -2.10. The van der Waals surface area contributed by atoms with E-state index in [4.69, 9.17) is 4.74 Å². The fourth-order valence-corrected chi connectivity index (χ4v) is 3.21. The number of hydrogen-bond donors (Lipinski definition) is 0. The van der Waals surface area contributed by atoms with Crippen LogP contribution in [0.5, 0.6) is 5.75 Å². The van der Waals surface area contributed by atoms with Gasteiger partial charge in [-0.3, -0.25) is 0 Å². The van der Waals surface area contributed by atoms with Crippen LogP contribution in [0.4, 0.5) is 0 Å². The minimum atomic E-state index is 0.922. The van der Waals surface area contributed by atoms with Gasteiger partial charge >= 0.3 is 0 Å². The summed E-state index contributed by atoms with van der Waals surface area (Å²) in [4.78, 5) is 0. The summed E-state index contributed by atoms with van der Waals surface area (Å²) in [6.45, 7) is 0. The van der Waals surface area contributed by atoms with Gasteiger partial charge in [0.25, 0.3) is 0 Å². The molecule has 0 atom stereocenters. The SMILES string of the molecule is C1=C\Oc2cc(c3ccccc3c2)CCc2ccccc2C/1. The number of allylic oxidation sites excluding steroid dienone is 1. The highest BCUT2D eigenvalue weighted by Crippen LogP contribution is 2.27. The van der Waals surface area contributed by atoms with E-state index in [-0.39, 0.29) is 0 Å². The van der Waals surface area contributed by atoms with Gasteiger partial charge in [0.1, 0.15) is 5.75 Å². The second-order valence-electron chi connectivity index (χ2n) is 5.77. The molecule has 1 heteroatoms. The zero-order chi connectivity index (χ0) is 14.8. The molecule has 0 N–H and O–H groups in total. The van der Waals surface area contributed by atoms with Crippen molar-refractivity contribution >= 4 is 10.8 Å². The molecule has 1 nitrogen and oxygen atoms in total. The Morgan fingerprint density at radius 3 is 2.45 bits per heavy atom. The molecule has 0 aliphatic carbocycles. The molecule has 2 bridgehead atoms. The van der Waals surface area contributed by atoms with Crippen LogP contribution in [0.25, 0.3) is 10.8 Å². The molecule has 0 radical (unpaired) electrons. The van der Waals surface area contributed by atoms with Crippen LogP contribution in [0.2, 0.25) is 0 Å². The van der Waals surface area contributed by atoms with Crippen LogP contribution in [0.15, 0.2) is 73.0 Å². The quantitative estimate of drug-likeness (QED) is 0.560. The van der Waals surface area contributed by atoms with Crippen LogP contribution < -0.4 is 4.74 Å². The Labute approximate surface area is 130 Å². The van der Waals surface area contributed by atoms with Gasteiger partial charge in [0.05, 0.1) is 6.26 Å². The minimum absolute atomic E-state index is 0.922. The first kappa shape index (κ1) is 13.1. The first-order valence-electron chi connectivity index (χ1n) is 7.80. The van der Waals surface area contributed by atoms with Crippen molar-refractivity contribution in [1.29, 1.82) is 0 Å². The number of benzene rings is 3. The molecule has 0 saturated carbocycles. The van der Waals surface area contributed by atoms with Crippen molar-refractivity contribution in [3.05, 3.63) is 89.7 Å². The molecule has 1 aliphatic heterocycles. The standard InChI is InChI=1S/C21H18O/c1-2-7-17-11-12-19-15-20(22-13-5-9-16(17)6-1)14-18-8-3-4-10-21(18)19/h1-8,10,13-15H,9,11-12H2/b13-5-. The van der Waals surface area contributed by atoms with E-state index in [2.05, 4.69) is 66.7 Å². The third-order valence-corrected chi connectivity index (χ3v) is 4.34.